The number of nitrogens with one attached hydrogen (secondary N) is 1. The van der Waals surface area contributed by atoms with E-state index >= 15 is 0 Å². The molecule has 2 saturated carbocycles. The molecule has 104 valence electrons. The van der Waals surface area contributed by atoms with E-state index in [-0.39, 0.29) is 0 Å². The van der Waals surface area contributed by atoms with E-state index in [1.165, 1.54) is 38.5 Å². The minimum Gasteiger partial charge on any atom is -0.375 e. The Bertz CT molecular complexity index is 305. The fraction of sp³-hybridized carbons (Fsp3) is 1.00. The van der Waals surface area contributed by atoms with E-state index in [4.69, 9.17) is 4.74 Å². The first-order valence-corrected chi connectivity index (χ1v) is 7.97. The van der Waals surface area contributed by atoms with Gasteiger partial charge in [0.15, 0.2) is 0 Å². The first-order chi connectivity index (χ1) is 8.58. The van der Waals surface area contributed by atoms with Crippen LogP contribution in [-0.2, 0) is 4.74 Å². The first-order valence-electron chi connectivity index (χ1n) is 7.97. The molecule has 1 spiro atoms. The third-order valence-electron chi connectivity index (χ3n) is 5.56. The van der Waals surface area contributed by atoms with E-state index in [0.717, 1.165) is 24.4 Å². The van der Waals surface area contributed by atoms with E-state index < -0.39 is 0 Å². The molecule has 1 aliphatic heterocycles. The number of morpholine rings is 1. The molecule has 1 saturated heterocycles. The van der Waals surface area contributed by atoms with Gasteiger partial charge >= 0.3 is 0 Å². The van der Waals surface area contributed by atoms with E-state index in [0.29, 0.717) is 17.7 Å². The quantitative estimate of drug-likeness (QED) is 0.713. The zero-order valence-electron chi connectivity index (χ0n) is 12.2. The highest BCUT2D eigenvalue weighted by Gasteiger charge is 2.46. The maximum Gasteiger partial charge on any atom is 0.0734 e. The van der Waals surface area contributed by atoms with Crippen LogP contribution >= 0.6 is 0 Å². The van der Waals surface area contributed by atoms with Crippen molar-refractivity contribution in [2.24, 2.45) is 17.8 Å². The number of hydrogen-bond donors (Lipinski definition) is 1. The van der Waals surface area contributed by atoms with E-state index in [1.54, 1.807) is 0 Å². The zero-order chi connectivity index (χ0) is 12.8. The summed E-state index contributed by atoms with van der Waals surface area (Å²) in [5.74, 6) is 2.47. The highest BCUT2D eigenvalue weighted by molar-refractivity contribution is 5.03. The Hall–Kier alpha value is -0.0800. The van der Waals surface area contributed by atoms with Gasteiger partial charge in [-0.25, -0.2) is 0 Å². The Morgan fingerprint density at radius 2 is 1.94 bits per heavy atom. The van der Waals surface area contributed by atoms with Crippen LogP contribution in [0.1, 0.15) is 59.3 Å². The van der Waals surface area contributed by atoms with Gasteiger partial charge in [-0.2, -0.15) is 0 Å². The first kappa shape index (κ1) is 12.9. The molecule has 3 fully saturated rings. The van der Waals surface area contributed by atoms with Gasteiger partial charge in [-0.15, -0.1) is 0 Å². The van der Waals surface area contributed by atoms with Crippen LogP contribution in [0.25, 0.3) is 0 Å². The second-order valence-corrected chi connectivity index (χ2v) is 7.56. The van der Waals surface area contributed by atoms with Crippen LogP contribution in [0.3, 0.4) is 0 Å². The summed E-state index contributed by atoms with van der Waals surface area (Å²) in [6.07, 6.45) is 8.52. The summed E-state index contributed by atoms with van der Waals surface area (Å²) >= 11 is 0. The van der Waals surface area contributed by atoms with Crippen LogP contribution in [0.5, 0.6) is 0 Å². The second kappa shape index (κ2) is 4.79. The largest absolute Gasteiger partial charge is 0.375 e. The highest BCUT2D eigenvalue weighted by Crippen LogP contribution is 2.40. The fourth-order valence-electron chi connectivity index (χ4n) is 4.78. The predicted octanol–water partition coefficient (Wildman–Crippen LogP) is 3.36. The van der Waals surface area contributed by atoms with Crippen molar-refractivity contribution in [1.82, 2.24) is 5.32 Å². The lowest BCUT2D eigenvalue weighted by Gasteiger charge is -2.53. The Morgan fingerprint density at radius 3 is 2.72 bits per heavy atom. The van der Waals surface area contributed by atoms with E-state index in [2.05, 4.69) is 26.1 Å². The summed E-state index contributed by atoms with van der Waals surface area (Å²) in [6.45, 7) is 8.15. The Kier molecular flexibility index (Phi) is 3.44. The van der Waals surface area contributed by atoms with Gasteiger partial charge in [0.1, 0.15) is 0 Å². The van der Waals surface area contributed by atoms with Gasteiger partial charge in [0.2, 0.25) is 0 Å². The third kappa shape index (κ3) is 2.34. The Morgan fingerprint density at radius 1 is 1.11 bits per heavy atom. The van der Waals surface area contributed by atoms with Crippen molar-refractivity contribution >= 4 is 0 Å². The summed E-state index contributed by atoms with van der Waals surface area (Å²) in [4.78, 5) is 0. The molecule has 0 aromatic heterocycles. The molecule has 0 aromatic rings. The van der Waals surface area contributed by atoms with E-state index in [1.807, 2.05) is 0 Å². The summed E-state index contributed by atoms with van der Waals surface area (Å²) in [6, 6.07) is 0.611. The number of rotatable bonds is 0. The van der Waals surface area contributed by atoms with Crippen LogP contribution in [0, 0.1) is 17.8 Å². The molecule has 6 unspecified atom stereocenters. The normalized spacial score (nSPS) is 53.2. The van der Waals surface area contributed by atoms with Crippen molar-refractivity contribution in [1.29, 1.82) is 0 Å². The van der Waals surface area contributed by atoms with Gasteiger partial charge in [-0.05, 0) is 43.4 Å². The maximum atomic E-state index is 6.30. The minimum absolute atomic E-state index is 0.313. The topological polar surface area (TPSA) is 21.3 Å². The van der Waals surface area contributed by atoms with Crippen LogP contribution in [0.2, 0.25) is 0 Å². The molecule has 1 heterocycles. The lowest BCUT2D eigenvalue weighted by Crippen LogP contribution is -2.66. The molecule has 1 N–H and O–H groups in total. The van der Waals surface area contributed by atoms with Crippen molar-refractivity contribution < 1.29 is 4.74 Å². The molecular formula is C16H29NO. The average Bonchev–Trinajstić information content (AvgIpc) is 2.30. The van der Waals surface area contributed by atoms with Crippen molar-refractivity contribution in [3.8, 4) is 0 Å². The standard InChI is InChI=1S/C16H29NO/c1-11-5-4-6-16(9-11)10-18-14-8-12(2)7-13(3)15(14)17-16/h11-15,17H,4-10H2,1-3H3. The maximum absolute atomic E-state index is 6.30. The highest BCUT2D eigenvalue weighted by atomic mass is 16.5. The molecule has 6 atom stereocenters. The molecule has 0 amide bonds. The summed E-state index contributed by atoms with van der Waals surface area (Å²) < 4.78 is 6.30. The molecule has 0 bridgehead atoms. The van der Waals surface area contributed by atoms with Gasteiger partial charge in [-0.3, -0.25) is 0 Å². The summed E-state index contributed by atoms with van der Waals surface area (Å²) in [5, 5.41) is 4.05. The SMILES string of the molecule is CC1CC(C)C2NC3(CCCC(C)C3)COC2C1. The van der Waals surface area contributed by atoms with Gasteiger partial charge in [0.05, 0.1) is 12.7 Å². The smallest absolute Gasteiger partial charge is 0.0734 e. The molecule has 18 heavy (non-hydrogen) atoms. The van der Waals surface area contributed by atoms with Gasteiger partial charge < -0.3 is 10.1 Å². The fourth-order valence-corrected chi connectivity index (χ4v) is 4.78. The van der Waals surface area contributed by atoms with Crippen LogP contribution in [-0.4, -0.2) is 24.3 Å². The van der Waals surface area contributed by atoms with E-state index in [9.17, 15) is 0 Å². The monoisotopic (exact) mass is 251 g/mol. The Balaban J connectivity index is 1.72. The third-order valence-corrected chi connectivity index (χ3v) is 5.56. The second-order valence-electron chi connectivity index (χ2n) is 7.56. The molecule has 2 nitrogen and oxygen atoms in total. The molecule has 3 rings (SSSR count). The van der Waals surface area contributed by atoms with Crippen LogP contribution in [0.15, 0.2) is 0 Å². The predicted molar refractivity (Wildman–Crippen MR) is 74.6 cm³/mol. The van der Waals surface area contributed by atoms with Gasteiger partial charge in [0, 0.05) is 11.6 Å². The van der Waals surface area contributed by atoms with Crippen molar-refractivity contribution in [2.75, 3.05) is 6.61 Å². The number of fused-ring (bicyclic) bond motifs is 1. The average molecular weight is 251 g/mol. The van der Waals surface area contributed by atoms with Crippen molar-refractivity contribution in [3.63, 3.8) is 0 Å². The Labute approximate surface area is 112 Å². The van der Waals surface area contributed by atoms with Crippen molar-refractivity contribution in [2.45, 2.75) is 77.0 Å². The number of ether oxygens (including phenoxy) is 1. The molecular weight excluding hydrogens is 222 g/mol. The van der Waals surface area contributed by atoms with Crippen LogP contribution in [0.4, 0.5) is 0 Å². The number of hydrogen-bond acceptors (Lipinski definition) is 2. The molecule has 0 radical (unpaired) electrons. The summed E-state index contributed by atoms with van der Waals surface area (Å²) in [5.41, 5.74) is 0.313. The minimum atomic E-state index is 0.313. The molecule has 3 aliphatic rings. The summed E-state index contributed by atoms with van der Waals surface area (Å²) in [7, 11) is 0. The van der Waals surface area contributed by atoms with Crippen LogP contribution < -0.4 is 5.32 Å². The lowest BCUT2D eigenvalue weighted by atomic mass is 9.71. The lowest BCUT2D eigenvalue weighted by molar-refractivity contribution is -0.112. The zero-order valence-corrected chi connectivity index (χ0v) is 12.2. The van der Waals surface area contributed by atoms with Crippen molar-refractivity contribution in [3.05, 3.63) is 0 Å². The molecule has 2 heteroatoms. The molecule has 0 aromatic carbocycles. The molecule has 2 aliphatic carbocycles. The van der Waals surface area contributed by atoms with Gasteiger partial charge in [-0.1, -0.05) is 33.6 Å². The van der Waals surface area contributed by atoms with Gasteiger partial charge in [0.25, 0.3) is 0 Å².